The van der Waals surface area contributed by atoms with Gasteiger partial charge in [-0.3, -0.25) is 9.69 Å². The number of benzene rings is 2. The number of carbonyl (C=O) groups excluding carboxylic acids is 2. The van der Waals surface area contributed by atoms with E-state index in [9.17, 15) is 9.59 Å². The molecule has 1 heterocycles. The highest BCUT2D eigenvalue weighted by molar-refractivity contribution is 5.96. The molecule has 1 N–H and O–H groups in total. The average molecular weight is 351 g/mol. The molecular formula is C21H25N3O2. The van der Waals surface area contributed by atoms with Crippen LogP contribution in [0.2, 0.25) is 0 Å². The first kappa shape index (κ1) is 18.1. The number of carbonyl (C=O) groups is 2. The second-order valence-electron chi connectivity index (χ2n) is 6.51. The highest BCUT2D eigenvalue weighted by Gasteiger charge is 2.21. The van der Waals surface area contributed by atoms with Crippen molar-refractivity contribution in [3.63, 3.8) is 0 Å². The van der Waals surface area contributed by atoms with Crippen molar-refractivity contribution in [2.75, 3.05) is 32.7 Å². The molecule has 2 aromatic carbocycles. The Balaban J connectivity index is 1.37. The van der Waals surface area contributed by atoms with E-state index in [1.54, 1.807) is 0 Å². The van der Waals surface area contributed by atoms with Crippen molar-refractivity contribution in [3.8, 4) is 0 Å². The molecule has 0 aliphatic carbocycles. The Bertz CT molecular complexity index is 711. The van der Waals surface area contributed by atoms with Gasteiger partial charge in [0.25, 0.3) is 0 Å². The maximum absolute atomic E-state index is 12.3. The van der Waals surface area contributed by atoms with Gasteiger partial charge in [-0.25, -0.2) is 4.79 Å². The number of amides is 2. The van der Waals surface area contributed by atoms with Crippen LogP contribution in [0.5, 0.6) is 0 Å². The number of ketones is 1. The summed E-state index contributed by atoms with van der Waals surface area (Å²) in [6.07, 6.45) is 0.518. The molecule has 0 bridgehead atoms. The Morgan fingerprint density at radius 2 is 1.46 bits per heavy atom. The maximum atomic E-state index is 12.3. The summed E-state index contributed by atoms with van der Waals surface area (Å²) in [5.74, 6) is 0.175. The second kappa shape index (κ2) is 9.15. The van der Waals surface area contributed by atoms with E-state index in [-0.39, 0.29) is 11.8 Å². The minimum absolute atomic E-state index is 0.0196. The van der Waals surface area contributed by atoms with Gasteiger partial charge in [-0.1, -0.05) is 60.7 Å². The summed E-state index contributed by atoms with van der Waals surface area (Å²) in [6.45, 7) is 4.29. The van der Waals surface area contributed by atoms with Gasteiger partial charge in [0.05, 0.1) is 0 Å². The first-order valence-corrected chi connectivity index (χ1v) is 9.10. The molecule has 3 rings (SSSR count). The number of hydrogen-bond acceptors (Lipinski definition) is 3. The van der Waals surface area contributed by atoms with Gasteiger partial charge in [-0.05, 0) is 5.56 Å². The maximum Gasteiger partial charge on any atom is 0.317 e. The Morgan fingerprint density at radius 1 is 0.846 bits per heavy atom. The van der Waals surface area contributed by atoms with Crippen molar-refractivity contribution in [1.29, 1.82) is 0 Å². The zero-order valence-electron chi connectivity index (χ0n) is 14.9. The molecule has 0 atom stereocenters. The second-order valence-corrected chi connectivity index (χ2v) is 6.51. The fraction of sp³-hybridized carbons (Fsp3) is 0.333. The van der Waals surface area contributed by atoms with Crippen LogP contribution in [0.15, 0.2) is 60.7 Å². The van der Waals surface area contributed by atoms with Crippen molar-refractivity contribution in [2.45, 2.75) is 13.0 Å². The Hall–Kier alpha value is -2.66. The predicted molar refractivity (Wildman–Crippen MR) is 102 cm³/mol. The van der Waals surface area contributed by atoms with Crippen LogP contribution < -0.4 is 5.32 Å². The van der Waals surface area contributed by atoms with Gasteiger partial charge in [-0.15, -0.1) is 0 Å². The minimum atomic E-state index is -0.0196. The first-order valence-electron chi connectivity index (χ1n) is 9.10. The number of nitrogens with one attached hydrogen (secondary N) is 1. The van der Waals surface area contributed by atoms with Gasteiger partial charge in [0, 0.05) is 51.3 Å². The quantitative estimate of drug-likeness (QED) is 0.814. The highest BCUT2D eigenvalue weighted by Crippen LogP contribution is 2.07. The zero-order valence-corrected chi connectivity index (χ0v) is 14.9. The van der Waals surface area contributed by atoms with Gasteiger partial charge < -0.3 is 10.2 Å². The van der Waals surface area contributed by atoms with Gasteiger partial charge in [0.15, 0.2) is 5.78 Å². The van der Waals surface area contributed by atoms with E-state index in [2.05, 4.69) is 10.2 Å². The first-order chi connectivity index (χ1) is 12.7. The van der Waals surface area contributed by atoms with Crippen molar-refractivity contribution < 1.29 is 9.59 Å². The predicted octanol–water partition coefficient (Wildman–Crippen LogP) is 2.79. The molecule has 1 fully saturated rings. The normalized spacial score (nSPS) is 14.8. The number of nitrogens with zero attached hydrogens (tertiary/aromatic N) is 2. The Morgan fingerprint density at radius 3 is 2.12 bits per heavy atom. The molecular weight excluding hydrogens is 326 g/mol. The van der Waals surface area contributed by atoms with E-state index < -0.39 is 0 Å². The molecule has 1 aliphatic rings. The van der Waals surface area contributed by atoms with Crippen LogP contribution in [-0.2, 0) is 6.54 Å². The van der Waals surface area contributed by atoms with E-state index >= 15 is 0 Å². The van der Waals surface area contributed by atoms with Crippen LogP contribution in [0.3, 0.4) is 0 Å². The van der Waals surface area contributed by atoms with Gasteiger partial charge in [0.2, 0.25) is 0 Å². The summed E-state index contributed by atoms with van der Waals surface area (Å²) < 4.78 is 0. The molecule has 0 saturated carbocycles. The molecule has 136 valence electrons. The van der Waals surface area contributed by atoms with Crippen molar-refractivity contribution in [2.24, 2.45) is 0 Å². The number of hydrogen-bond donors (Lipinski definition) is 1. The number of Topliss-reactive ketones (excluding diaryl/α,β-unsaturated/α-hetero) is 1. The molecule has 1 aliphatic heterocycles. The van der Waals surface area contributed by atoms with Crippen LogP contribution in [0, 0.1) is 0 Å². The molecule has 0 radical (unpaired) electrons. The third kappa shape index (κ3) is 5.17. The molecule has 2 aromatic rings. The van der Waals surface area contributed by atoms with Crippen LogP contribution in [-0.4, -0.2) is 54.3 Å². The van der Waals surface area contributed by atoms with Crippen molar-refractivity contribution >= 4 is 11.8 Å². The highest BCUT2D eigenvalue weighted by atomic mass is 16.2. The zero-order chi connectivity index (χ0) is 18.2. The van der Waals surface area contributed by atoms with E-state index in [1.165, 1.54) is 0 Å². The van der Waals surface area contributed by atoms with Crippen LogP contribution in [0.1, 0.15) is 22.3 Å². The molecule has 2 amide bonds. The van der Waals surface area contributed by atoms with Gasteiger partial charge >= 0.3 is 6.03 Å². The lowest BCUT2D eigenvalue weighted by atomic mass is 10.1. The van der Waals surface area contributed by atoms with Crippen LogP contribution in [0.4, 0.5) is 4.79 Å². The van der Waals surface area contributed by atoms with Gasteiger partial charge in [-0.2, -0.15) is 0 Å². The summed E-state index contributed by atoms with van der Waals surface area (Å²) in [4.78, 5) is 28.5. The van der Waals surface area contributed by atoms with E-state index in [0.717, 1.165) is 30.8 Å². The number of piperazine rings is 1. The van der Waals surface area contributed by atoms with Gasteiger partial charge in [0.1, 0.15) is 0 Å². The average Bonchev–Trinajstić information content (AvgIpc) is 2.72. The summed E-state index contributed by atoms with van der Waals surface area (Å²) >= 11 is 0. The third-order valence-corrected chi connectivity index (χ3v) is 4.70. The van der Waals surface area contributed by atoms with Crippen molar-refractivity contribution in [3.05, 3.63) is 71.8 Å². The molecule has 1 saturated heterocycles. The largest absolute Gasteiger partial charge is 0.334 e. The van der Waals surface area contributed by atoms with Crippen LogP contribution in [0.25, 0.3) is 0 Å². The topological polar surface area (TPSA) is 52.7 Å². The number of urea groups is 1. The summed E-state index contributed by atoms with van der Waals surface area (Å²) in [6, 6.07) is 19.3. The molecule has 26 heavy (non-hydrogen) atoms. The fourth-order valence-corrected chi connectivity index (χ4v) is 3.09. The molecule has 5 heteroatoms. The minimum Gasteiger partial charge on any atom is -0.334 e. The molecule has 0 aromatic heterocycles. The standard InChI is InChI=1S/C21H25N3O2/c25-20(19-9-5-2-6-10-19)11-12-23-13-15-24(16-14-23)21(26)22-17-18-7-3-1-4-8-18/h1-10H,11-17H2,(H,22,26). The monoisotopic (exact) mass is 351 g/mol. The lowest BCUT2D eigenvalue weighted by molar-refractivity contribution is 0.0939. The van der Waals surface area contributed by atoms with Crippen LogP contribution >= 0.6 is 0 Å². The smallest absolute Gasteiger partial charge is 0.317 e. The van der Waals surface area contributed by atoms with Crippen molar-refractivity contribution in [1.82, 2.24) is 15.1 Å². The SMILES string of the molecule is O=C(CCN1CCN(C(=O)NCc2ccccc2)CC1)c1ccccc1. The Kier molecular flexibility index (Phi) is 6.39. The summed E-state index contributed by atoms with van der Waals surface area (Å²) in [5.41, 5.74) is 1.87. The molecule has 5 nitrogen and oxygen atoms in total. The lowest BCUT2D eigenvalue weighted by Crippen LogP contribution is -2.51. The molecule has 0 unspecified atom stereocenters. The summed E-state index contributed by atoms with van der Waals surface area (Å²) in [5, 5.41) is 2.97. The summed E-state index contributed by atoms with van der Waals surface area (Å²) in [7, 11) is 0. The van der Waals surface area contributed by atoms with E-state index in [4.69, 9.17) is 0 Å². The number of rotatable bonds is 6. The Labute approximate surface area is 154 Å². The lowest BCUT2D eigenvalue weighted by Gasteiger charge is -2.34. The van der Waals surface area contributed by atoms with E-state index in [0.29, 0.717) is 26.1 Å². The fourth-order valence-electron chi connectivity index (χ4n) is 3.09. The third-order valence-electron chi connectivity index (χ3n) is 4.70. The van der Waals surface area contributed by atoms with E-state index in [1.807, 2.05) is 65.6 Å². The molecule has 0 spiro atoms.